The molecule has 0 fully saturated rings. The molecule has 0 atom stereocenters. The number of carbonyl (C=O) groups is 2. The number of aliphatic hydroxyl groups is 1. The summed E-state index contributed by atoms with van der Waals surface area (Å²) in [6.07, 6.45) is 0. The Morgan fingerprint density at radius 3 is 2.38 bits per heavy atom. The lowest BCUT2D eigenvalue weighted by molar-refractivity contribution is 0.0697. The second-order valence-electron chi connectivity index (χ2n) is 7.65. The largest absolute Gasteiger partial charge is 0.478 e. The molecule has 1 amide bonds. The number of halogens is 2. The molecule has 0 aliphatic rings. The number of aromatic carboxylic acids is 1. The van der Waals surface area contributed by atoms with E-state index in [0.29, 0.717) is 32.0 Å². The Labute approximate surface area is 191 Å². The van der Waals surface area contributed by atoms with E-state index in [1.165, 1.54) is 23.1 Å². The fraction of sp³-hybridized carbons (Fsp3) is 0.167. The molecule has 4 aromatic rings. The minimum absolute atomic E-state index is 0.140. The van der Waals surface area contributed by atoms with E-state index in [1.54, 1.807) is 44.2 Å². The van der Waals surface area contributed by atoms with Crippen molar-refractivity contribution < 1.29 is 28.6 Å². The van der Waals surface area contributed by atoms with Gasteiger partial charge in [0, 0.05) is 21.3 Å². The molecule has 0 saturated carbocycles. The van der Waals surface area contributed by atoms with Gasteiger partial charge in [0.15, 0.2) is 0 Å². The summed E-state index contributed by atoms with van der Waals surface area (Å²) in [4.78, 5) is 26.7. The molecule has 0 saturated heterocycles. The van der Waals surface area contributed by atoms with Crippen LogP contribution in [0, 0.1) is 5.82 Å². The number of rotatable bonds is 5. The molecule has 1 aromatic heterocycles. The van der Waals surface area contributed by atoms with E-state index in [0.717, 1.165) is 0 Å². The van der Waals surface area contributed by atoms with Crippen LogP contribution in [0.2, 0.25) is 0 Å². The fourth-order valence-corrected chi connectivity index (χ4v) is 4.07. The van der Waals surface area contributed by atoms with Gasteiger partial charge in [-0.3, -0.25) is 4.79 Å². The Morgan fingerprint density at radius 2 is 1.75 bits per heavy atom. The van der Waals surface area contributed by atoms with E-state index in [1.807, 2.05) is 0 Å². The van der Waals surface area contributed by atoms with Crippen LogP contribution in [0.25, 0.3) is 21.9 Å². The highest BCUT2D eigenvalue weighted by atomic mass is 79.9. The van der Waals surface area contributed by atoms with Crippen molar-refractivity contribution in [3.63, 3.8) is 0 Å². The summed E-state index contributed by atoms with van der Waals surface area (Å²) in [6, 6.07) is 11.8. The van der Waals surface area contributed by atoms with E-state index >= 15 is 0 Å². The van der Waals surface area contributed by atoms with Gasteiger partial charge in [-0.1, -0.05) is 28.1 Å². The quantitative estimate of drug-likeness (QED) is 0.365. The third kappa shape index (κ3) is 3.76. The summed E-state index contributed by atoms with van der Waals surface area (Å²) in [5.41, 5.74) is 1.31. The second kappa shape index (κ2) is 8.37. The third-order valence-electron chi connectivity index (χ3n) is 5.22. The molecule has 6 nitrogen and oxygen atoms in total. The lowest BCUT2D eigenvalue weighted by atomic mass is 10.0. The number of hydrogen-bond acceptors (Lipinski definition) is 4. The van der Waals surface area contributed by atoms with Crippen LogP contribution in [0.3, 0.4) is 0 Å². The summed E-state index contributed by atoms with van der Waals surface area (Å²) in [7, 11) is 0. The molecule has 2 N–H and O–H groups in total. The standard InChI is InChI=1S/C24H19BrFNO5/c1-12(2)27(23(29)16-6-4-14(25)8-19(16)26)20-9-17-15-5-3-13(11-28)7-21(15)32-22(17)10-18(20)24(30)31/h3-10,12,28H,11H2,1-2H3,(H,30,31). The van der Waals surface area contributed by atoms with Gasteiger partial charge in [-0.2, -0.15) is 0 Å². The molecule has 164 valence electrons. The Bertz CT molecular complexity index is 1380. The Balaban J connectivity index is 1.96. The summed E-state index contributed by atoms with van der Waals surface area (Å²) in [5.74, 6) is -2.60. The number of carboxylic acid groups (broad SMARTS) is 1. The van der Waals surface area contributed by atoms with Gasteiger partial charge in [0.2, 0.25) is 0 Å². The van der Waals surface area contributed by atoms with Crippen molar-refractivity contribution >= 4 is 55.4 Å². The van der Waals surface area contributed by atoms with Gasteiger partial charge >= 0.3 is 5.97 Å². The highest BCUT2D eigenvalue weighted by Crippen LogP contribution is 2.36. The third-order valence-corrected chi connectivity index (χ3v) is 5.72. The van der Waals surface area contributed by atoms with Gasteiger partial charge in [0.1, 0.15) is 17.0 Å². The number of carbonyl (C=O) groups excluding carboxylic acids is 1. The van der Waals surface area contributed by atoms with Crippen molar-refractivity contribution in [3.8, 4) is 0 Å². The minimum atomic E-state index is -1.24. The van der Waals surface area contributed by atoms with Crippen LogP contribution >= 0.6 is 15.9 Å². The SMILES string of the molecule is CC(C)N(C(=O)c1ccc(Br)cc1F)c1cc2c(cc1C(=O)O)oc1cc(CO)ccc12. The molecule has 1 heterocycles. The first-order valence-electron chi connectivity index (χ1n) is 9.83. The van der Waals surface area contributed by atoms with E-state index in [4.69, 9.17) is 4.42 Å². The average molecular weight is 500 g/mol. The first kappa shape index (κ1) is 22.0. The predicted molar refractivity (Wildman–Crippen MR) is 123 cm³/mol. The molecule has 32 heavy (non-hydrogen) atoms. The second-order valence-corrected chi connectivity index (χ2v) is 8.57. The molecule has 0 spiro atoms. The van der Waals surface area contributed by atoms with Crippen molar-refractivity contribution in [1.29, 1.82) is 0 Å². The molecule has 3 aromatic carbocycles. The van der Waals surface area contributed by atoms with E-state index in [-0.39, 0.29) is 23.4 Å². The number of furan rings is 1. The topological polar surface area (TPSA) is 91.0 Å². The number of fused-ring (bicyclic) bond motifs is 3. The van der Waals surface area contributed by atoms with Crippen molar-refractivity contribution in [1.82, 2.24) is 0 Å². The number of benzene rings is 3. The molecule has 0 unspecified atom stereocenters. The molecule has 0 aliphatic heterocycles. The predicted octanol–water partition coefficient (Wildman–Crippen LogP) is 5.73. The van der Waals surface area contributed by atoms with Gasteiger partial charge < -0.3 is 19.5 Å². The van der Waals surface area contributed by atoms with Crippen molar-refractivity contribution in [2.45, 2.75) is 26.5 Å². The van der Waals surface area contributed by atoms with Gasteiger partial charge in [-0.15, -0.1) is 0 Å². The number of amides is 1. The molecule has 8 heteroatoms. The van der Waals surface area contributed by atoms with Crippen LogP contribution in [0.1, 0.15) is 40.1 Å². The normalized spacial score (nSPS) is 11.4. The van der Waals surface area contributed by atoms with E-state index < -0.39 is 23.7 Å². The average Bonchev–Trinajstić information content (AvgIpc) is 3.09. The van der Waals surface area contributed by atoms with Crippen molar-refractivity contribution in [3.05, 3.63) is 75.5 Å². The van der Waals surface area contributed by atoms with Crippen molar-refractivity contribution in [2.24, 2.45) is 0 Å². The summed E-state index contributed by atoms with van der Waals surface area (Å²) in [6.45, 7) is 3.30. The minimum Gasteiger partial charge on any atom is -0.478 e. The Hall–Kier alpha value is -3.23. The van der Waals surface area contributed by atoms with Crippen LogP contribution in [0.5, 0.6) is 0 Å². The van der Waals surface area contributed by atoms with Gasteiger partial charge in [-0.25, -0.2) is 9.18 Å². The lowest BCUT2D eigenvalue weighted by Gasteiger charge is -2.28. The molecule has 0 radical (unpaired) electrons. The van der Waals surface area contributed by atoms with Gasteiger partial charge in [-0.05, 0) is 55.8 Å². The highest BCUT2D eigenvalue weighted by molar-refractivity contribution is 9.10. The number of nitrogens with zero attached hydrogens (tertiary/aromatic N) is 1. The van der Waals surface area contributed by atoms with Crippen LogP contribution in [0.4, 0.5) is 10.1 Å². The van der Waals surface area contributed by atoms with E-state index in [2.05, 4.69) is 15.9 Å². The summed E-state index contributed by atoms with van der Waals surface area (Å²) < 4.78 is 20.9. The maximum absolute atomic E-state index is 14.6. The number of anilines is 1. The smallest absolute Gasteiger partial charge is 0.337 e. The van der Waals surface area contributed by atoms with Crippen molar-refractivity contribution in [2.75, 3.05) is 4.90 Å². The maximum atomic E-state index is 14.6. The number of carboxylic acids is 1. The monoisotopic (exact) mass is 499 g/mol. The summed E-state index contributed by atoms with van der Waals surface area (Å²) >= 11 is 3.17. The zero-order chi connectivity index (χ0) is 23.2. The van der Waals surface area contributed by atoms with Crippen LogP contribution in [-0.4, -0.2) is 28.1 Å². The molecule has 0 bridgehead atoms. The Kier molecular flexibility index (Phi) is 5.75. The van der Waals surface area contributed by atoms with Gasteiger partial charge in [0.05, 0.1) is 23.4 Å². The zero-order valence-electron chi connectivity index (χ0n) is 17.2. The number of hydrogen-bond donors (Lipinski definition) is 2. The van der Waals surface area contributed by atoms with Crippen LogP contribution < -0.4 is 4.90 Å². The first-order chi connectivity index (χ1) is 15.2. The maximum Gasteiger partial charge on any atom is 0.337 e. The molecule has 4 rings (SSSR count). The van der Waals surface area contributed by atoms with Gasteiger partial charge in [0.25, 0.3) is 5.91 Å². The zero-order valence-corrected chi connectivity index (χ0v) is 18.8. The Morgan fingerprint density at radius 1 is 1.03 bits per heavy atom. The lowest BCUT2D eigenvalue weighted by Crippen LogP contribution is -2.38. The fourth-order valence-electron chi connectivity index (χ4n) is 3.74. The molecule has 0 aliphatic carbocycles. The van der Waals surface area contributed by atoms with Crippen LogP contribution in [0.15, 0.2) is 57.4 Å². The molecular weight excluding hydrogens is 481 g/mol. The van der Waals surface area contributed by atoms with Crippen LogP contribution in [-0.2, 0) is 6.61 Å². The molecular formula is C24H19BrFNO5. The summed E-state index contributed by atoms with van der Waals surface area (Å²) in [5, 5.41) is 20.6. The number of aliphatic hydroxyl groups excluding tert-OH is 1. The first-order valence-corrected chi connectivity index (χ1v) is 10.6. The highest BCUT2D eigenvalue weighted by Gasteiger charge is 2.28. The van der Waals surface area contributed by atoms with E-state index in [9.17, 15) is 24.2 Å².